The smallest absolute Gasteiger partial charge is 0.297 e. The molecule has 0 bridgehead atoms. The van der Waals surface area contributed by atoms with Crippen LogP contribution in [0.5, 0.6) is 0 Å². The van der Waals surface area contributed by atoms with Crippen LogP contribution in [-0.2, 0) is 27.5 Å². The lowest BCUT2D eigenvalue weighted by Crippen LogP contribution is -2.06. The highest BCUT2D eigenvalue weighted by molar-refractivity contribution is 7.86. The summed E-state index contributed by atoms with van der Waals surface area (Å²) in [5.41, 5.74) is 2.50. The second-order valence-electron chi connectivity index (χ2n) is 4.50. The van der Waals surface area contributed by atoms with Gasteiger partial charge in [0.05, 0.1) is 18.1 Å². The van der Waals surface area contributed by atoms with Gasteiger partial charge in [0.25, 0.3) is 10.1 Å². The van der Waals surface area contributed by atoms with Gasteiger partial charge in [-0.25, -0.2) is 0 Å². The van der Waals surface area contributed by atoms with Crippen LogP contribution in [0.2, 0.25) is 0 Å². The first-order valence-corrected chi connectivity index (χ1v) is 7.57. The Hall–Kier alpha value is -1.69. The Bertz CT molecular complexity index is 658. The minimum atomic E-state index is -3.74. The van der Waals surface area contributed by atoms with Crippen molar-refractivity contribution in [2.45, 2.75) is 25.0 Å². The van der Waals surface area contributed by atoms with Gasteiger partial charge in [0.15, 0.2) is 0 Å². The SMILES string of the molecule is Cc1ccc(S(=O)(=O)OCc2ccc(CO)cc2)cc1. The zero-order valence-corrected chi connectivity index (χ0v) is 11.9. The van der Waals surface area contributed by atoms with E-state index in [0.29, 0.717) is 0 Å². The number of aliphatic hydroxyl groups is 1. The molecule has 0 saturated carbocycles. The van der Waals surface area contributed by atoms with Crippen LogP contribution >= 0.6 is 0 Å². The minimum Gasteiger partial charge on any atom is -0.392 e. The normalized spacial score (nSPS) is 11.5. The van der Waals surface area contributed by atoms with Crippen molar-refractivity contribution in [3.05, 3.63) is 65.2 Å². The number of aryl methyl sites for hydroxylation is 1. The molecule has 0 aliphatic heterocycles. The van der Waals surface area contributed by atoms with Crippen LogP contribution in [-0.4, -0.2) is 13.5 Å². The molecule has 0 radical (unpaired) electrons. The lowest BCUT2D eigenvalue weighted by atomic mass is 10.1. The summed E-state index contributed by atoms with van der Waals surface area (Å²) in [6, 6.07) is 13.4. The Morgan fingerprint density at radius 3 is 2.05 bits per heavy atom. The Morgan fingerprint density at radius 2 is 1.50 bits per heavy atom. The van der Waals surface area contributed by atoms with E-state index in [1.807, 2.05) is 6.92 Å². The zero-order chi connectivity index (χ0) is 14.6. The van der Waals surface area contributed by atoms with Gasteiger partial charge in [0.2, 0.25) is 0 Å². The molecule has 0 aliphatic rings. The van der Waals surface area contributed by atoms with E-state index in [1.165, 1.54) is 12.1 Å². The van der Waals surface area contributed by atoms with Gasteiger partial charge in [-0.2, -0.15) is 8.42 Å². The number of rotatable bonds is 5. The van der Waals surface area contributed by atoms with E-state index in [4.69, 9.17) is 9.29 Å². The number of aliphatic hydroxyl groups excluding tert-OH is 1. The fourth-order valence-electron chi connectivity index (χ4n) is 1.66. The maximum atomic E-state index is 12.0. The molecule has 0 amide bonds. The standard InChI is InChI=1S/C15H16O4S/c1-12-2-8-15(9-3-12)20(17,18)19-11-14-6-4-13(10-16)5-7-14/h2-9,16H,10-11H2,1H3. The third kappa shape index (κ3) is 3.66. The predicted octanol–water partition coefficient (Wildman–Crippen LogP) is 2.39. The molecule has 2 rings (SSSR count). The summed E-state index contributed by atoms with van der Waals surface area (Å²) in [5, 5.41) is 8.93. The molecule has 20 heavy (non-hydrogen) atoms. The molecule has 0 heterocycles. The van der Waals surface area contributed by atoms with Crippen molar-refractivity contribution in [2.75, 3.05) is 0 Å². The predicted molar refractivity (Wildman–Crippen MR) is 75.5 cm³/mol. The average molecular weight is 292 g/mol. The topological polar surface area (TPSA) is 63.6 Å². The lowest BCUT2D eigenvalue weighted by molar-refractivity contribution is 0.281. The van der Waals surface area contributed by atoms with Gasteiger partial charge in [0.1, 0.15) is 0 Å². The second kappa shape index (κ2) is 6.17. The largest absolute Gasteiger partial charge is 0.392 e. The van der Waals surface area contributed by atoms with Crippen LogP contribution in [0.3, 0.4) is 0 Å². The zero-order valence-electron chi connectivity index (χ0n) is 11.1. The molecular formula is C15H16O4S. The Kier molecular flexibility index (Phi) is 4.54. The lowest BCUT2D eigenvalue weighted by Gasteiger charge is -2.06. The second-order valence-corrected chi connectivity index (χ2v) is 6.12. The number of hydrogen-bond donors (Lipinski definition) is 1. The van der Waals surface area contributed by atoms with Gasteiger partial charge in [0, 0.05) is 0 Å². The summed E-state index contributed by atoms with van der Waals surface area (Å²) in [4.78, 5) is 0.148. The Balaban J connectivity index is 2.06. The molecule has 1 N–H and O–H groups in total. The molecule has 4 nitrogen and oxygen atoms in total. The molecule has 0 fully saturated rings. The van der Waals surface area contributed by atoms with E-state index >= 15 is 0 Å². The van der Waals surface area contributed by atoms with Crippen LogP contribution in [0, 0.1) is 6.92 Å². The van der Waals surface area contributed by atoms with Gasteiger partial charge < -0.3 is 5.11 Å². The van der Waals surface area contributed by atoms with E-state index in [9.17, 15) is 8.42 Å². The first-order valence-electron chi connectivity index (χ1n) is 6.16. The molecule has 0 saturated heterocycles. The van der Waals surface area contributed by atoms with Crippen molar-refractivity contribution < 1.29 is 17.7 Å². The van der Waals surface area contributed by atoms with Gasteiger partial charge >= 0.3 is 0 Å². The highest BCUT2D eigenvalue weighted by atomic mass is 32.2. The molecule has 106 valence electrons. The van der Waals surface area contributed by atoms with E-state index in [2.05, 4.69) is 0 Å². The van der Waals surface area contributed by atoms with Crippen molar-refractivity contribution in [3.8, 4) is 0 Å². The third-order valence-corrected chi connectivity index (χ3v) is 4.17. The third-order valence-electron chi connectivity index (χ3n) is 2.90. The van der Waals surface area contributed by atoms with Gasteiger partial charge in [-0.05, 0) is 30.2 Å². The first kappa shape index (κ1) is 14.7. The fourth-order valence-corrected chi connectivity index (χ4v) is 2.56. The molecule has 0 spiro atoms. The van der Waals surface area contributed by atoms with Crippen LogP contribution in [0.25, 0.3) is 0 Å². The summed E-state index contributed by atoms with van der Waals surface area (Å²) in [6.45, 7) is 1.82. The number of benzene rings is 2. The van der Waals surface area contributed by atoms with Crippen molar-refractivity contribution in [1.29, 1.82) is 0 Å². The van der Waals surface area contributed by atoms with Crippen LogP contribution < -0.4 is 0 Å². The maximum Gasteiger partial charge on any atom is 0.297 e. The van der Waals surface area contributed by atoms with Crippen molar-refractivity contribution in [2.24, 2.45) is 0 Å². The molecule has 0 aliphatic carbocycles. The number of hydrogen-bond acceptors (Lipinski definition) is 4. The van der Waals surface area contributed by atoms with E-state index in [-0.39, 0.29) is 18.1 Å². The first-order chi connectivity index (χ1) is 9.51. The quantitative estimate of drug-likeness (QED) is 0.859. The molecule has 2 aromatic carbocycles. The molecule has 0 unspecified atom stereocenters. The highest BCUT2D eigenvalue weighted by Crippen LogP contribution is 2.15. The van der Waals surface area contributed by atoms with E-state index < -0.39 is 10.1 Å². The average Bonchev–Trinajstić information content (AvgIpc) is 2.46. The van der Waals surface area contributed by atoms with Gasteiger partial charge in [-0.15, -0.1) is 0 Å². The van der Waals surface area contributed by atoms with Gasteiger partial charge in [-0.1, -0.05) is 42.0 Å². The van der Waals surface area contributed by atoms with Crippen LogP contribution in [0.4, 0.5) is 0 Å². The van der Waals surface area contributed by atoms with E-state index in [0.717, 1.165) is 16.7 Å². The summed E-state index contributed by atoms with van der Waals surface area (Å²) >= 11 is 0. The summed E-state index contributed by atoms with van der Waals surface area (Å²) in [5.74, 6) is 0. The Labute approximate surface area is 118 Å². The van der Waals surface area contributed by atoms with Gasteiger partial charge in [-0.3, -0.25) is 4.18 Å². The minimum absolute atomic E-state index is 0.0259. The van der Waals surface area contributed by atoms with Crippen LogP contribution in [0.15, 0.2) is 53.4 Å². The fraction of sp³-hybridized carbons (Fsp3) is 0.200. The highest BCUT2D eigenvalue weighted by Gasteiger charge is 2.14. The van der Waals surface area contributed by atoms with Crippen molar-refractivity contribution in [3.63, 3.8) is 0 Å². The van der Waals surface area contributed by atoms with E-state index in [1.54, 1.807) is 36.4 Å². The summed E-state index contributed by atoms with van der Waals surface area (Å²) in [7, 11) is -3.74. The molecule has 5 heteroatoms. The summed E-state index contributed by atoms with van der Waals surface area (Å²) in [6.07, 6.45) is 0. The molecule has 0 atom stereocenters. The van der Waals surface area contributed by atoms with Crippen molar-refractivity contribution in [1.82, 2.24) is 0 Å². The molecular weight excluding hydrogens is 276 g/mol. The van der Waals surface area contributed by atoms with Crippen LogP contribution in [0.1, 0.15) is 16.7 Å². The summed E-state index contributed by atoms with van der Waals surface area (Å²) < 4.78 is 29.0. The monoisotopic (exact) mass is 292 g/mol. The Morgan fingerprint density at radius 1 is 0.950 bits per heavy atom. The van der Waals surface area contributed by atoms with Crippen molar-refractivity contribution >= 4 is 10.1 Å². The molecule has 2 aromatic rings. The molecule has 0 aromatic heterocycles. The maximum absolute atomic E-state index is 12.0.